The van der Waals surface area contributed by atoms with Crippen molar-refractivity contribution in [2.75, 3.05) is 13.2 Å². The Kier molecular flexibility index (Phi) is 3.23. The number of hydrogen-bond acceptors (Lipinski definition) is 3. The van der Waals surface area contributed by atoms with E-state index in [1.54, 1.807) is 0 Å². The summed E-state index contributed by atoms with van der Waals surface area (Å²) in [7, 11) is 0. The lowest BCUT2D eigenvalue weighted by atomic mass is 10.1. The van der Waals surface area contributed by atoms with E-state index in [4.69, 9.17) is 22.7 Å². The van der Waals surface area contributed by atoms with Gasteiger partial charge in [-0.3, -0.25) is 0 Å². The van der Waals surface area contributed by atoms with Crippen LogP contribution in [0.5, 0.6) is 0 Å². The number of halogens is 1. The number of nitrogens with zero attached hydrogens (tertiary/aromatic N) is 1. The smallest absolute Gasteiger partial charge is 0.410 e. The van der Waals surface area contributed by atoms with Crippen molar-refractivity contribution in [2.45, 2.75) is 6.54 Å². The Morgan fingerprint density at radius 1 is 1.59 bits per heavy atom. The number of hydrogen-bond donors (Lipinski definition) is 1. The summed E-state index contributed by atoms with van der Waals surface area (Å²) in [4.78, 5) is 13.0. The summed E-state index contributed by atoms with van der Waals surface area (Å²) in [5, 5.41) is 0. The number of thiocarbonyl (C=S) groups is 1. The summed E-state index contributed by atoms with van der Waals surface area (Å²) >= 11 is 4.88. The van der Waals surface area contributed by atoms with E-state index in [0.717, 1.165) is 0 Å². The van der Waals surface area contributed by atoms with E-state index in [-0.39, 0.29) is 17.4 Å². The number of rotatable bonds is 3. The molecular formula is C11H11FN2O2S. The van der Waals surface area contributed by atoms with Crippen LogP contribution in [-0.4, -0.2) is 29.1 Å². The minimum atomic E-state index is -0.400. The number of carbonyl (C=O) groups is 1. The fourth-order valence-electron chi connectivity index (χ4n) is 1.71. The Morgan fingerprint density at radius 2 is 2.35 bits per heavy atom. The van der Waals surface area contributed by atoms with Gasteiger partial charge >= 0.3 is 6.09 Å². The monoisotopic (exact) mass is 254 g/mol. The molecule has 1 saturated heterocycles. The van der Waals surface area contributed by atoms with E-state index in [2.05, 4.69) is 0 Å². The van der Waals surface area contributed by atoms with Gasteiger partial charge in [0.1, 0.15) is 17.4 Å². The van der Waals surface area contributed by atoms with Crippen molar-refractivity contribution in [2.24, 2.45) is 5.73 Å². The Bertz CT molecular complexity index is 479. The van der Waals surface area contributed by atoms with Gasteiger partial charge < -0.3 is 15.4 Å². The predicted octanol–water partition coefficient (Wildman–Crippen LogP) is 1.41. The van der Waals surface area contributed by atoms with E-state index in [1.807, 2.05) is 0 Å². The largest absolute Gasteiger partial charge is 0.448 e. The molecule has 0 saturated carbocycles. The molecule has 1 aromatic carbocycles. The Labute approximate surface area is 103 Å². The molecule has 0 spiro atoms. The molecule has 1 amide bonds. The first-order valence-corrected chi connectivity index (χ1v) is 5.48. The maximum Gasteiger partial charge on any atom is 0.410 e. The van der Waals surface area contributed by atoms with Crippen molar-refractivity contribution in [1.29, 1.82) is 0 Å². The molecule has 0 aliphatic carbocycles. The first-order valence-electron chi connectivity index (χ1n) is 5.08. The Morgan fingerprint density at radius 3 is 2.94 bits per heavy atom. The topological polar surface area (TPSA) is 55.6 Å². The third-order valence-corrected chi connectivity index (χ3v) is 2.76. The second-order valence-corrected chi connectivity index (χ2v) is 4.14. The molecule has 0 unspecified atom stereocenters. The van der Waals surface area contributed by atoms with Gasteiger partial charge in [0.2, 0.25) is 0 Å². The fraction of sp³-hybridized carbons (Fsp3) is 0.273. The zero-order chi connectivity index (χ0) is 12.4. The molecule has 17 heavy (non-hydrogen) atoms. The molecule has 0 atom stereocenters. The van der Waals surface area contributed by atoms with Gasteiger partial charge in [-0.1, -0.05) is 12.2 Å². The van der Waals surface area contributed by atoms with Crippen molar-refractivity contribution in [3.05, 3.63) is 35.1 Å². The van der Waals surface area contributed by atoms with Crippen LogP contribution in [0.25, 0.3) is 0 Å². The minimum absolute atomic E-state index is 0.188. The van der Waals surface area contributed by atoms with Gasteiger partial charge in [0.15, 0.2) is 0 Å². The number of amides is 1. The molecule has 90 valence electrons. The van der Waals surface area contributed by atoms with Crippen LogP contribution in [0, 0.1) is 5.82 Å². The standard InChI is InChI=1S/C11H11FN2O2S/c12-8-1-2-9(10(13)17)7(5-8)6-14-3-4-16-11(14)15/h1-2,5H,3-4,6H2,(H2,13,17). The lowest BCUT2D eigenvalue weighted by Crippen LogP contribution is -2.25. The van der Waals surface area contributed by atoms with Crippen molar-refractivity contribution in [3.8, 4) is 0 Å². The summed E-state index contributed by atoms with van der Waals surface area (Å²) in [6, 6.07) is 4.15. The molecule has 4 nitrogen and oxygen atoms in total. The van der Waals surface area contributed by atoms with Crippen LogP contribution < -0.4 is 5.73 Å². The molecule has 1 aliphatic rings. The normalized spacial score (nSPS) is 14.9. The SMILES string of the molecule is NC(=S)c1ccc(F)cc1CN1CCOC1=O. The molecule has 2 N–H and O–H groups in total. The van der Waals surface area contributed by atoms with Gasteiger partial charge in [-0.15, -0.1) is 0 Å². The molecule has 1 aromatic rings. The number of benzene rings is 1. The van der Waals surface area contributed by atoms with Gasteiger partial charge in [-0.05, 0) is 23.8 Å². The molecule has 2 rings (SSSR count). The van der Waals surface area contributed by atoms with E-state index >= 15 is 0 Å². The van der Waals surface area contributed by atoms with Crippen LogP contribution in [-0.2, 0) is 11.3 Å². The summed E-state index contributed by atoms with van der Waals surface area (Å²) < 4.78 is 18.0. The quantitative estimate of drug-likeness (QED) is 0.829. The van der Waals surface area contributed by atoms with Gasteiger partial charge in [-0.2, -0.15) is 0 Å². The molecule has 1 fully saturated rings. The first-order chi connectivity index (χ1) is 8.08. The number of carbonyl (C=O) groups excluding carboxylic acids is 1. The third kappa shape index (κ3) is 2.52. The Balaban J connectivity index is 2.27. The highest BCUT2D eigenvalue weighted by atomic mass is 32.1. The van der Waals surface area contributed by atoms with Crippen molar-refractivity contribution in [1.82, 2.24) is 4.90 Å². The maximum atomic E-state index is 13.2. The Hall–Kier alpha value is -1.69. The van der Waals surface area contributed by atoms with Crippen LogP contribution in [0.3, 0.4) is 0 Å². The predicted molar refractivity (Wildman–Crippen MR) is 64.0 cm³/mol. The third-order valence-electron chi connectivity index (χ3n) is 2.54. The highest BCUT2D eigenvalue weighted by Crippen LogP contribution is 2.16. The summed E-state index contributed by atoms with van der Waals surface area (Å²) in [6.45, 7) is 1.10. The van der Waals surface area contributed by atoms with Crippen LogP contribution in [0.15, 0.2) is 18.2 Å². The lowest BCUT2D eigenvalue weighted by Gasteiger charge is -2.15. The average molecular weight is 254 g/mol. The van der Waals surface area contributed by atoms with Gasteiger partial charge in [-0.25, -0.2) is 9.18 Å². The highest BCUT2D eigenvalue weighted by molar-refractivity contribution is 7.80. The van der Waals surface area contributed by atoms with Gasteiger partial charge in [0, 0.05) is 12.1 Å². The second-order valence-electron chi connectivity index (χ2n) is 3.70. The van der Waals surface area contributed by atoms with Gasteiger partial charge in [0.25, 0.3) is 0 Å². The molecule has 0 bridgehead atoms. The summed E-state index contributed by atoms with van der Waals surface area (Å²) in [5.41, 5.74) is 6.73. The number of nitrogens with two attached hydrogens (primary N) is 1. The highest BCUT2D eigenvalue weighted by Gasteiger charge is 2.23. The average Bonchev–Trinajstić information content (AvgIpc) is 2.64. The molecule has 6 heteroatoms. The molecule has 1 aliphatic heterocycles. The fourth-order valence-corrected chi connectivity index (χ4v) is 1.91. The van der Waals surface area contributed by atoms with Crippen LogP contribution in [0.1, 0.15) is 11.1 Å². The zero-order valence-corrected chi connectivity index (χ0v) is 9.80. The first kappa shape index (κ1) is 11.8. The van der Waals surface area contributed by atoms with E-state index in [1.165, 1.54) is 23.1 Å². The number of ether oxygens (including phenoxy) is 1. The molecule has 0 aromatic heterocycles. The lowest BCUT2D eigenvalue weighted by molar-refractivity contribution is 0.157. The zero-order valence-electron chi connectivity index (χ0n) is 8.98. The van der Waals surface area contributed by atoms with E-state index in [9.17, 15) is 9.18 Å². The van der Waals surface area contributed by atoms with Crippen molar-refractivity contribution < 1.29 is 13.9 Å². The van der Waals surface area contributed by atoms with Crippen molar-refractivity contribution >= 4 is 23.3 Å². The second kappa shape index (κ2) is 4.67. The summed E-state index contributed by atoms with van der Waals surface area (Å²) in [6.07, 6.45) is -0.400. The number of cyclic esters (lactones) is 1. The van der Waals surface area contributed by atoms with Crippen LogP contribution in [0.2, 0.25) is 0 Å². The maximum absolute atomic E-state index is 13.2. The molecular weight excluding hydrogens is 243 g/mol. The van der Waals surface area contributed by atoms with Crippen LogP contribution >= 0.6 is 12.2 Å². The van der Waals surface area contributed by atoms with Crippen molar-refractivity contribution in [3.63, 3.8) is 0 Å². The van der Waals surface area contributed by atoms with Gasteiger partial charge in [0.05, 0.1) is 6.54 Å². The summed E-state index contributed by atoms with van der Waals surface area (Å²) in [5.74, 6) is -0.382. The van der Waals surface area contributed by atoms with Crippen LogP contribution in [0.4, 0.5) is 9.18 Å². The molecule has 1 heterocycles. The van der Waals surface area contributed by atoms with E-state index < -0.39 is 6.09 Å². The molecule has 0 radical (unpaired) electrons. The minimum Gasteiger partial charge on any atom is -0.448 e. The van der Waals surface area contributed by atoms with E-state index in [0.29, 0.717) is 24.3 Å².